The molecule has 1 N–H and O–H groups in total. The number of hydrogen-bond donors (Lipinski definition) is 1. The molecule has 0 radical (unpaired) electrons. The minimum absolute atomic E-state index is 0.0948. The van der Waals surface area contributed by atoms with E-state index < -0.39 is 0 Å². The topological polar surface area (TPSA) is 29.1 Å². The second-order valence-electron chi connectivity index (χ2n) is 3.04. The van der Waals surface area contributed by atoms with Gasteiger partial charge in [-0.05, 0) is 56.1 Å². The summed E-state index contributed by atoms with van der Waals surface area (Å²) in [5.41, 5.74) is 0.775. The Morgan fingerprint density at radius 3 is 2.50 bits per heavy atom. The Bertz CT molecular complexity index is 524. The van der Waals surface area contributed by atoms with Gasteiger partial charge in [-0.25, -0.2) is 0 Å². The molecule has 1 amide bonds. The van der Waals surface area contributed by atoms with E-state index in [0.29, 0.717) is 4.88 Å². The molecule has 1 aromatic carbocycles. The van der Waals surface area contributed by atoms with Crippen molar-refractivity contribution in [2.45, 2.75) is 0 Å². The van der Waals surface area contributed by atoms with Crippen molar-refractivity contribution >= 4 is 54.8 Å². The van der Waals surface area contributed by atoms with E-state index in [-0.39, 0.29) is 5.91 Å². The SMILES string of the molecule is O=C(Nc1ccccc1Br)c1ccc(Br)s1. The number of para-hydroxylation sites is 1. The lowest BCUT2D eigenvalue weighted by molar-refractivity contribution is 0.103. The average Bonchev–Trinajstić information content (AvgIpc) is 2.68. The maximum absolute atomic E-state index is 11.8. The number of thiophene rings is 1. The van der Waals surface area contributed by atoms with Crippen LogP contribution in [0.5, 0.6) is 0 Å². The molecule has 0 fully saturated rings. The van der Waals surface area contributed by atoms with Crippen LogP contribution in [0.4, 0.5) is 5.69 Å². The third-order valence-corrected chi connectivity index (χ3v) is 4.23. The molecule has 0 bridgehead atoms. The van der Waals surface area contributed by atoms with Gasteiger partial charge in [0.25, 0.3) is 5.91 Å². The van der Waals surface area contributed by atoms with Crippen molar-refractivity contribution in [3.05, 3.63) is 49.5 Å². The minimum Gasteiger partial charge on any atom is -0.320 e. The smallest absolute Gasteiger partial charge is 0.265 e. The number of carbonyl (C=O) groups is 1. The number of halogens is 2. The normalized spacial score (nSPS) is 10.1. The van der Waals surface area contributed by atoms with E-state index in [9.17, 15) is 4.79 Å². The lowest BCUT2D eigenvalue weighted by Gasteiger charge is -2.05. The van der Waals surface area contributed by atoms with Crippen LogP contribution >= 0.6 is 43.2 Å². The fourth-order valence-corrected chi connectivity index (χ4v) is 2.85. The highest BCUT2D eigenvalue weighted by Crippen LogP contribution is 2.25. The van der Waals surface area contributed by atoms with E-state index in [1.807, 2.05) is 30.3 Å². The first-order valence-electron chi connectivity index (χ1n) is 4.48. The number of amides is 1. The van der Waals surface area contributed by atoms with E-state index in [1.165, 1.54) is 11.3 Å². The highest BCUT2D eigenvalue weighted by atomic mass is 79.9. The molecule has 1 aromatic heterocycles. The Kier molecular flexibility index (Phi) is 3.78. The van der Waals surface area contributed by atoms with Crippen LogP contribution in [0.1, 0.15) is 9.67 Å². The molecule has 1 heterocycles. The maximum Gasteiger partial charge on any atom is 0.265 e. The molecule has 0 aliphatic rings. The first-order chi connectivity index (χ1) is 7.66. The van der Waals surface area contributed by atoms with Crippen molar-refractivity contribution in [3.8, 4) is 0 Å². The molecular weight excluding hydrogens is 354 g/mol. The summed E-state index contributed by atoms with van der Waals surface area (Å²) in [5.74, 6) is -0.0948. The zero-order valence-electron chi connectivity index (χ0n) is 8.04. The molecule has 0 saturated heterocycles. The van der Waals surface area contributed by atoms with Gasteiger partial charge in [0.05, 0.1) is 14.4 Å². The van der Waals surface area contributed by atoms with Gasteiger partial charge in [0, 0.05) is 4.47 Å². The third-order valence-electron chi connectivity index (χ3n) is 1.92. The molecule has 0 atom stereocenters. The molecule has 2 rings (SSSR count). The second-order valence-corrected chi connectivity index (χ2v) is 6.36. The number of carbonyl (C=O) groups excluding carboxylic acids is 1. The molecule has 5 heteroatoms. The van der Waals surface area contributed by atoms with E-state index in [1.54, 1.807) is 6.07 Å². The van der Waals surface area contributed by atoms with E-state index in [0.717, 1.165) is 13.9 Å². The number of anilines is 1. The highest BCUT2D eigenvalue weighted by molar-refractivity contribution is 9.11. The van der Waals surface area contributed by atoms with Gasteiger partial charge in [-0.15, -0.1) is 11.3 Å². The monoisotopic (exact) mass is 359 g/mol. The second kappa shape index (κ2) is 5.12. The van der Waals surface area contributed by atoms with E-state index in [4.69, 9.17) is 0 Å². The summed E-state index contributed by atoms with van der Waals surface area (Å²) in [4.78, 5) is 12.5. The van der Waals surface area contributed by atoms with Gasteiger partial charge >= 0.3 is 0 Å². The summed E-state index contributed by atoms with van der Waals surface area (Å²) in [7, 11) is 0. The van der Waals surface area contributed by atoms with Crippen molar-refractivity contribution in [3.63, 3.8) is 0 Å². The lowest BCUT2D eigenvalue weighted by Crippen LogP contribution is -2.10. The van der Waals surface area contributed by atoms with Gasteiger partial charge < -0.3 is 5.32 Å². The predicted octanol–water partition coefficient (Wildman–Crippen LogP) is 4.53. The molecule has 0 saturated carbocycles. The lowest BCUT2D eigenvalue weighted by atomic mass is 10.3. The van der Waals surface area contributed by atoms with Crippen LogP contribution in [0.3, 0.4) is 0 Å². The highest BCUT2D eigenvalue weighted by Gasteiger charge is 2.09. The summed E-state index contributed by atoms with van der Waals surface area (Å²) in [6, 6.07) is 11.2. The molecule has 82 valence electrons. The number of benzene rings is 1. The number of rotatable bonds is 2. The number of hydrogen-bond acceptors (Lipinski definition) is 2. The Morgan fingerprint density at radius 2 is 1.88 bits per heavy atom. The van der Waals surface area contributed by atoms with E-state index >= 15 is 0 Å². The fraction of sp³-hybridized carbons (Fsp3) is 0. The Balaban J connectivity index is 2.17. The average molecular weight is 361 g/mol. The molecule has 0 spiro atoms. The van der Waals surface area contributed by atoms with Gasteiger partial charge in [-0.3, -0.25) is 4.79 Å². The molecular formula is C11H7Br2NOS. The van der Waals surface area contributed by atoms with Crippen LogP contribution in [0, 0.1) is 0 Å². The van der Waals surface area contributed by atoms with Crippen LogP contribution in [0.2, 0.25) is 0 Å². The van der Waals surface area contributed by atoms with Gasteiger partial charge in [0.2, 0.25) is 0 Å². The van der Waals surface area contributed by atoms with Crippen LogP contribution in [0.15, 0.2) is 44.7 Å². The zero-order chi connectivity index (χ0) is 11.5. The summed E-state index contributed by atoms with van der Waals surface area (Å²) in [6.07, 6.45) is 0. The van der Waals surface area contributed by atoms with Gasteiger partial charge in [-0.2, -0.15) is 0 Å². The fourth-order valence-electron chi connectivity index (χ4n) is 1.18. The molecule has 16 heavy (non-hydrogen) atoms. The van der Waals surface area contributed by atoms with Gasteiger partial charge in [-0.1, -0.05) is 12.1 Å². The summed E-state index contributed by atoms with van der Waals surface area (Å²) in [6.45, 7) is 0. The molecule has 0 unspecified atom stereocenters. The Hall–Kier alpha value is -0.650. The van der Waals surface area contributed by atoms with E-state index in [2.05, 4.69) is 37.2 Å². The van der Waals surface area contributed by atoms with Crippen LogP contribution in [-0.2, 0) is 0 Å². The first kappa shape index (κ1) is 11.8. The number of nitrogens with one attached hydrogen (secondary N) is 1. The van der Waals surface area contributed by atoms with Crippen molar-refractivity contribution in [1.82, 2.24) is 0 Å². The predicted molar refractivity (Wildman–Crippen MR) is 74.1 cm³/mol. The van der Waals surface area contributed by atoms with Crippen molar-refractivity contribution < 1.29 is 4.79 Å². The minimum atomic E-state index is -0.0948. The van der Waals surface area contributed by atoms with Crippen LogP contribution in [0.25, 0.3) is 0 Å². The Labute approximate surface area is 114 Å². The summed E-state index contributed by atoms with van der Waals surface area (Å²) in [5, 5.41) is 2.84. The summed E-state index contributed by atoms with van der Waals surface area (Å²) >= 11 is 8.12. The van der Waals surface area contributed by atoms with Crippen LogP contribution < -0.4 is 5.32 Å². The van der Waals surface area contributed by atoms with Crippen LogP contribution in [-0.4, -0.2) is 5.91 Å². The third kappa shape index (κ3) is 2.72. The van der Waals surface area contributed by atoms with Gasteiger partial charge in [0.1, 0.15) is 0 Å². The molecule has 2 aromatic rings. The quantitative estimate of drug-likeness (QED) is 0.837. The Morgan fingerprint density at radius 1 is 1.12 bits per heavy atom. The van der Waals surface area contributed by atoms with Crippen molar-refractivity contribution in [1.29, 1.82) is 0 Å². The van der Waals surface area contributed by atoms with Crippen molar-refractivity contribution in [2.24, 2.45) is 0 Å². The molecule has 0 aliphatic carbocycles. The largest absolute Gasteiger partial charge is 0.320 e. The first-order valence-corrected chi connectivity index (χ1v) is 6.88. The molecule has 0 aliphatic heterocycles. The molecule has 2 nitrogen and oxygen atoms in total. The maximum atomic E-state index is 11.8. The summed E-state index contributed by atoms with van der Waals surface area (Å²) < 4.78 is 1.82. The van der Waals surface area contributed by atoms with Gasteiger partial charge in [0.15, 0.2) is 0 Å². The zero-order valence-corrected chi connectivity index (χ0v) is 12.0. The van der Waals surface area contributed by atoms with Crippen molar-refractivity contribution in [2.75, 3.05) is 5.32 Å². The standard InChI is InChI=1S/C11H7Br2NOS/c12-7-3-1-2-4-8(7)14-11(15)9-5-6-10(13)16-9/h1-6H,(H,14,15).